The zero-order valence-electron chi connectivity index (χ0n) is 14.7. The molecule has 0 aliphatic rings. The zero-order valence-corrected chi connectivity index (χ0v) is 17.0. The standard InChI is InChI=1S/C20H18Cl2N2O2S/c1-13-5-2-3-6-18(13)26-10-4-7-19(25)24-20-23-17(12-27-20)15-9-8-14(21)11-16(15)22/h2-3,5-6,8-9,11-12H,4,7,10H2,1H3,(H,23,24,25). The van der Waals surface area contributed by atoms with E-state index < -0.39 is 0 Å². The fraction of sp³-hybridized carbons (Fsp3) is 0.200. The molecule has 0 aliphatic carbocycles. The molecule has 0 radical (unpaired) electrons. The third-order valence-corrected chi connectivity index (χ3v) is 5.16. The van der Waals surface area contributed by atoms with Gasteiger partial charge in [0.15, 0.2) is 5.13 Å². The number of carbonyl (C=O) groups excluding carboxylic acids is 1. The molecule has 140 valence electrons. The molecule has 0 spiro atoms. The van der Waals surface area contributed by atoms with E-state index in [1.54, 1.807) is 12.1 Å². The average molecular weight is 421 g/mol. The number of benzene rings is 2. The van der Waals surface area contributed by atoms with Crippen LogP contribution in [0.25, 0.3) is 11.3 Å². The molecular weight excluding hydrogens is 403 g/mol. The van der Waals surface area contributed by atoms with Gasteiger partial charge in [0, 0.05) is 22.4 Å². The number of rotatable bonds is 7. The lowest BCUT2D eigenvalue weighted by molar-refractivity contribution is -0.116. The van der Waals surface area contributed by atoms with E-state index in [4.69, 9.17) is 27.9 Å². The number of hydrogen-bond donors (Lipinski definition) is 1. The summed E-state index contributed by atoms with van der Waals surface area (Å²) in [6, 6.07) is 13.1. The number of anilines is 1. The van der Waals surface area contributed by atoms with Crippen LogP contribution in [0, 0.1) is 6.92 Å². The van der Waals surface area contributed by atoms with Gasteiger partial charge in [-0.2, -0.15) is 0 Å². The van der Waals surface area contributed by atoms with Gasteiger partial charge in [-0.3, -0.25) is 4.79 Å². The van der Waals surface area contributed by atoms with E-state index in [1.807, 2.05) is 42.6 Å². The van der Waals surface area contributed by atoms with Gasteiger partial charge in [0.2, 0.25) is 5.91 Å². The average Bonchev–Trinajstić information content (AvgIpc) is 3.08. The zero-order chi connectivity index (χ0) is 19.2. The second-order valence-electron chi connectivity index (χ2n) is 5.93. The largest absolute Gasteiger partial charge is 0.493 e. The van der Waals surface area contributed by atoms with Gasteiger partial charge in [-0.05, 0) is 43.2 Å². The molecule has 0 atom stereocenters. The van der Waals surface area contributed by atoms with Crippen molar-refractivity contribution < 1.29 is 9.53 Å². The van der Waals surface area contributed by atoms with E-state index in [1.165, 1.54) is 11.3 Å². The van der Waals surface area contributed by atoms with Crippen LogP contribution in [0.2, 0.25) is 10.0 Å². The molecule has 0 aliphatic heterocycles. The molecule has 0 saturated heterocycles. The van der Waals surface area contributed by atoms with Gasteiger partial charge >= 0.3 is 0 Å². The van der Waals surface area contributed by atoms with Gasteiger partial charge in [-0.15, -0.1) is 11.3 Å². The lowest BCUT2D eigenvalue weighted by Crippen LogP contribution is -2.12. The molecule has 7 heteroatoms. The Morgan fingerprint density at radius 1 is 1.22 bits per heavy atom. The van der Waals surface area contributed by atoms with E-state index in [0.717, 1.165) is 16.9 Å². The Balaban J connectivity index is 1.49. The Morgan fingerprint density at radius 2 is 2.04 bits per heavy atom. The Labute approximate surface area is 172 Å². The molecule has 1 heterocycles. The van der Waals surface area contributed by atoms with Gasteiger partial charge in [0.25, 0.3) is 0 Å². The van der Waals surface area contributed by atoms with Gasteiger partial charge in [-0.1, -0.05) is 41.4 Å². The van der Waals surface area contributed by atoms with Crippen molar-refractivity contribution in [1.82, 2.24) is 4.98 Å². The Bertz CT molecular complexity index is 943. The first kappa shape index (κ1) is 19.7. The number of amides is 1. The van der Waals surface area contributed by atoms with Crippen molar-refractivity contribution in [3.8, 4) is 17.0 Å². The number of ether oxygens (including phenoxy) is 1. The predicted molar refractivity (Wildman–Crippen MR) is 112 cm³/mol. The molecule has 0 fully saturated rings. The number of nitrogens with zero attached hydrogens (tertiary/aromatic N) is 1. The molecule has 0 saturated carbocycles. The monoisotopic (exact) mass is 420 g/mol. The van der Waals surface area contributed by atoms with Crippen LogP contribution in [0.15, 0.2) is 47.8 Å². The molecular formula is C20H18Cl2N2O2S. The predicted octanol–water partition coefficient (Wildman–Crippen LogP) is 6.22. The normalized spacial score (nSPS) is 10.6. The van der Waals surface area contributed by atoms with E-state index in [0.29, 0.717) is 40.3 Å². The van der Waals surface area contributed by atoms with Gasteiger partial charge in [0.1, 0.15) is 5.75 Å². The lowest BCUT2D eigenvalue weighted by atomic mass is 10.2. The minimum atomic E-state index is -0.0912. The summed E-state index contributed by atoms with van der Waals surface area (Å²) in [5.41, 5.74) is 2.57. The van der Waals surface area contributed by atoms with Crippen molar-refractivity contribution in [1.29, 1.82) is 0 Å². The number of nitrogens with one attached hydrogen (secondary N) is 1. The Hall–Kier alpha value is -2.08. The third kappa shape index (κ3) is 5.45. The number of hydrogen-bond acceptors (Lipinski definition) is 4. The number of para-hydroxylation sites is 1. The first-order chi connectivity index (χ1) is 13.0. The van der Waals surface area contributed by atoms with Crippen LogP contribution in [0.3, 0.4) is 0 Å². The smallest absolute Gasteiger partial charge is 0.226 e. The number of thiazole rings is 1. The fourth-order valence-corrected chi connectivity index (χ4v) is 3.70. The molecule has 3 rings (SSSR count). The lowest BCUT2D eigenvalue weighted by Gasteiger charge is -2.08. The highest BCUT2D eigenvalue weighted by Gasteiger charge is 2.11. The molecule has 1 N–H and O–H groups in total. The maximum atomic E-state index is 12.1. The van der Waals surface area contributed by atoms with E-state index in [2.05, 4.69) is 10.3 Å². The fourth-order valence-electron chi connectivity index (χ4n) is 2.47. The second-order valence-corrected chi connectivity index (χ2v) is 7.63. The van der Waals surface area contributed by atoms with Crippen molar-refractivity contribution >= 4 is 45.6 Å². The Kier molecular flexibility index (Phi) is 6.72. The van der Waals surface area contributed by atoms with Crippen molar-refractivity contribution in [3.63, 3.8) is 0 Å². The van der Waals surface area contributed by atoms with E-state index in [-0.39, 0.29) is 5.91 Å². The minimum absolute atomic E-state index is 0.0912. The van der Waals surface area contributed by atoms with Gasteiger partial charge in [-0.25, -0.2) is 4.98 Å². The van der Waals surface area contributed by atoms with Gasteiger partial charge < -0.3 is 10.1 Å². The summed E-state index contributed by atoms with van der Waals surface area (Å²) < 4.78 is 5.70. The summed E-state index contributed by atoms with van der Waals surface area (Å²) in [6.07, 6.45) is 0.990. The molecule has 0 bridgehead atoms. The first-order valence-corrected chi connectivity index (χ1v) is 10.1. The molecule has 0 unspecified atom stereocenters. The molecule has 27 heavy (non-hydrogen) atoms. The van der Waals surface area contributed by atoms with Crippen LogP contribution < -0.4 is 10.1 Å². The van der Waals surface area contributed by atoms with Crippen molar-refractivity contribution in [2.75, 3.05) is 11.9 Å². The highest BCUT2D eigenvalue weighted by molar-refractivity contribution is 7.14. The van der Waals surface area contributed by atoms with Crippen molar-refractivity contribution in [3.05, 3.63) is 63.5 Å². The molecule has 3 aromatic rings. The molecule has 1 amide bonds. The summed E-state index contributed by atoms with van der Waals surface area (Å²) >= 11 is 13.5. The van der Waals surface area contributed by atoms with Crippen LogP contribution in [0.5, 0.6) is 5.75 Å². The van der Waals surface area contributed by atoms with E-state index >= 15 is 0 Å². The summed E-state index contributed by atoms with van der Waals surface area (Å²) in [6.45, 7) is 2.48. The Morgan fingerprint density at radius 3 is 2.81 bits per heavy atom. The maximum absolute atomic E-state index is 12.1. The maximum Gasteiger partial charge on any atom is 0.226 e. The first-order valence-electron chi connectivity index (χ1n) is 8.42. The van der Waals surface area contributed by atoms with Crippen LogP contribution in [0.4, 0.5) is 5.13 Å². The molecule has 1 aromatic heterocycles. The van der Waals surface area contributed by atoms with Crippen molar-refractivity contribution in [2.45, 2.75) is 19.8 Å². The SMILES string of the molecule is Cc1ccccc1OCCCC(=O)Nc1nc(-c2ccc(Cl)cc2Cl)cs1. The molecule has 4 nitrogen and oxygen atoms in total. The summed E-state index contributed by atoms with van der Waals surface area (Å²) in [4.78, 5) is 16.5. The van der Waals surface area contributed by atoms with Crippen LogP contribution >= 0.6 is 34.5 Å². The number of halogens is 2. The van der Waals surface area contributed by atoms with Crippen LogP contribution in [-0.2, 0) is 4.79 Å². The molecule has 2 aromatic carbocycles. The summed E-state index contributed by atoms with van der Waals surface area (Å²) in [5, 5.41) is 6.31. The van der Waals surface area contributed by atoms with Crippen LogP contribution in [0.1, 0.15) is 18.4 Å². The number of aryl methyl sites for hydroxylation is 1. The minimum Gasteiger partial charge on any atom is -0.493 e. The number of aromatic nitrogens is 1. The number of carbonyl (C=O) groups is 1. The third-order valence-electron chi connectivity index (χ3n) is 3.86. The highest BCUT2D eigenvalue weighted by Crippen LogP contribution is 2.32. The van der Waals surface area contributed by atoms with Crippen LogP contribution in [-0.4, -0.2) is 17.5 Å². The summed E-state index contributed by atoms with van der Waals surface area (Å²) in [5.74, 6) is 0.758. The van der Waals surface area contributed by atoms with Gasteiger partial charge in [0.05, 0.1) is 17.3 Å². The topological polar surface area (TPSA) is 51.2 Å². The second kappa shape index (κ2) is 9.22. The van der Waals surface area contributed by atoms with E-state index in [9.17, 15) is 4.79 Å². The quantitative estimate of drug-likeness (QED) is 0.461. The highest BCUT2D eigenvalue weighted by atomic mass is 35.5. The summed E-state index contributed by atoms with van der Waals surface area (Å²) in [7, 11) is 0. The van der Waals surface area contributed by atoms with Crippen molar-refractivity contribution in [2.24, 2.45) is 0 Å².